The largest absolute Gasteiger partial charge is 0.508 e. The highest BCUT2D eigenvalue weighted by Gasteiger charge is 2.00. The van der Waals surface area contributed by atoms with Crippen molar-refractivity contribution < 1.29 is 9.84 Å². The molecule has 0 heterocycles. The highest BCUT2D eigenvalue weighted by Crippen LogP contribution is 2.19. The maximum Gasteiger partial charge on any atom is 0.120 e. The van der Waals surface area contributed by atoms with Crippen LogP contribution >= 0.6 is 0 Å². The van der Waals surface area contributed by atoms with E-state index in [-0.39, 0.29) is 0 Å². The van der Waals surface area contributed by atoms with Gasteiger partial charge in [-0.3, -0.25) is 0 Å². The molecule has 0 unspecified atom stereocenters. The second-order valence-corrected chi connectivity index (χ2v) is 4.71. The van der Waals surface area contributed by atoms with Crippen LogP contribution in [0.5, 0.6) is 11.5 Å². The monoisotopic (exact) mass is 271 g/mol. The minimum Gasteiger partial charge on any atom is -0.508 e. The Morgan fingerprint density at radius 3 is 2.50 bits per heavy atom. The quantitative estimate of drug-likeness (QED) is 0.742. The summed E-state index contributed by atoms with van der Waals surface area (Å²) in [5.74, 6) is 1.21. The number of aromatic hydroxyl groups is 1. The van der Waals surface area contributed by atoms with Gasteiger partial charge in [-0.2, -0.15) is 0 Å². The van der Waals surface area contributed by atoms with Gasteiger partial charge in [-0.05, 0) is 36.8 Å². The molecule has 0 aliphatic rings. The first-order chi connectivity index (χ1) is 9.79. The molecule has 3 heteroatoms. The molecule has 0 amide bonds. The van der Waals surface area contributed by atoms with E-state index in [9.17, 15) is 5.11 Å². The summed E-state index contributed by atoms with van der Waals surface area (Å²) in [5, 5.41) is 13.0. The molecule has 0 spiro atoms. The van der Waals surface area contributed by atoms with E-state index < -0.39 is 0 Å². The van der Waals surface area contributed by atoms with Crippen molar-refractivity contribution in [1.82, 2.24) is 0 Å². The molecule has 0 fully saturated rings. The summed E-state index contributed by atoms with van der Waals surface area (Å²) in [6.07, 6.45) is 2.22. The van der Waals surface area contributed by atoms with Gasteiger partial charge in [-0.25, -0.2) is 0 Å². The van der Waals surface area contributed by atoms with Gasteiger partial charge in [0.1, 0.15) is 11.5 Å². The van der Waals surface area contributed by atoms with E-state index in [1.807, 2.05) is 42.5 Å². The Kier molecular flexibility index (Phi) is 5.30. The molecule has 0 saturated carbocycles. The molecule has 0 saturated heterocycles. The van der Waals surface area contributed by atoms with Crippen molar-refractivity contribution in [1.29, 1.82) is 0 Å². The van der Waals surface area contributed by atoms with Gasteiger partial charge in [0, 0.05) is 17.8 Å². The smallest absolute Gasteiger partial charge is 0.120 e. The maximum absolute atomic E-state index is 9.69. The summed E-state index contributed by atoms with van der Waals surface area (Å²) in [7, 11) is 0. The number of hydrogen-bond donors (Lipinski definition) is 2. The summed E-state index contributed by atoms with van der Waals surface area (Å²) in [6, 6.07) is 15.2. The van der Waals surface area contributed by atoms with Crippen LogP contribution in [0.3, 0.4) is 0 Å². The normalized spacial score (nSPS) is 10.2. The number of nitrogens with one attached hydrogen (secondary N) is 1. The molecule has 106 valence electrons. The van der Waals surface area contributed by atoms with Crippen LogP contribution in [0.4, 0.5) is 5.69 Å². The van der Waals surface area contributed by atoms with Crippen molar-refractivity contribution in [3.63, 3.8) is 0 Å². The number of anilines is 1. The van der Waals surface area contributed by atoms with Gasteiger partial charge in [0.05, 0.1) is 6.61 Å². The summed E-state index contributed by atoms with van der Waals surface area (Å²) in [5.41, 5.74) is 1.90. The Morgan fingerprint density at radius 2 is 1.80 bits per heavy atom. The SMILES string of the molecule is CCCCOc1ccc(NCc2ccccc2O)cc1. The third-order valence-electron chi connectivity index (χ3n) is 3.10. The number of para-hydroxylation sites is 1. The van der Waals surface area contributed by atoms with Gasteiger partial charge >= 0.3 is 0 Å². The highest BCUT2D eigenvalue weighted by molar-refractivity contribution is 5.47. The van der Waals surface area contributed by atoms with Crippen molar-refractivity contribution in [2.45, 2.75) is 26.3 Å². The van der Waals surface area contributed by atoms with Crippen LogP contribution in [0.1, 0.15) is 25.3 Å². The first kappa shape index (κ1) is 14.3. The Hall–Kier alpha value is -2.16. The minimum absolute atomic E-state index is 0.319. The standard InChI is InChI=1S/C17H21NO2/c1-2-3-12-20-16-10-8-15(9-11-16)18-13-14-6-4-5-7-17(14)19/h4-11,18-19H,2-3,12-13H2,1H3. The molecule has 2 N–H and O–H groups in total. The summed E-state index contributed by atoms with van der Waals surface area (Å²) in [4.78, 5) is 0. The van der Waals surface area contributed by atoms with Crippen LogP contribution < -0.4 is 10.1 Å². The Bertz CT molecular complexity index is 523. The molecule has 2 rings (SSSR count). The van der Waals surface area contributed by atoms with Crippen LogP contribution in [-0.2, 0) is 6.54 Å². The van der Waals surface area contributed by atoms with E-state index in [4.69, 9.17) is 4.74 Å². The van der Waals surface area contributed by atoms with Gasteiger partial charge < -0.3 is 15.2 Å². The lowest BCUT2D eigenvalue weighted by atomic mass is 10.2. The van der Waals surface area contributed by atoms with Gasteiger partial charge in [0.15, 0.2) is 0 Å². The molecule has 20 heavy (non-hydrogen) atoms. The average Bonchev–Trinajstić information content (AvgIpc) is 2.48. The molecule has 0 atom stereocenters. The van der Waals surface area contributed by atoms with E-state index in [2.05, 4.69) is 12.2 Å². The van der Waals surface area contributed by atoms with Gasteiger partial charge in [-0.1, -0.05) is 31.5 Å². The number of phenols is 1. The third-order valence-corrected chi connectivity index (χ3v) is 3.10. The average molecular weight is 271 g/mol. The molecule has 3 nitrogen and oxygen atoms in total. The van der Waals surface area contributed by atoms with Crippen LogP contribution in [-0.4, -0.2) is 11.7 Å². The van der Waals surface area contributed by atoms with Gasteiger partial charge in [-0.15, -0.1) is 0 Å². The van der Waals surface area contributed by atoms with Crippen molar-refractivity contribution in [3.8, 4) is 11.5 Å². The van der Waals surface area contributed by atoms with Crippen molar-refractivity contribution in [3.05, 3.63) is 54.1 Å². The van der Waals surface area contributed by atoms with Crippen molar-refractivity contribution >= 4 is 5.69 Å². The molecule has 0 bridgehead atoms. The number of ether oxygens (including phenoxy) is 1. The second kappa shape index (κ2) is 7.43. The Labute approximate surface area is 120 Å². The Balaban J connectivity index is 1.86. The summed E-state index contributed by atoms with van der Waals surface area (Å²) in [6.45, 7) is 3.51. The number of hydrogen-bond acceptors (Lipinski definition) is 3. The lowest BCUT2D eigenvalue weighted by Crippen LogP contribution is -2.00. The molecular weight excluding hydrogens is 250 g/mol. The molecule has 2 aromatic carbocycles. The minimum atomic E-state index is 0.319. The molecule has 0 aliphatic carbocycles. The zero-order valence-electron chi connectivity index (χ0n) is 11.8. The lowest BCUT2D eigenvalue weighted by Gasteiger charge is -2.09. The lowest BCUT2D eigenvalue weighted by molar-refractivity contribution is 0.309. The van der Waals surface area contributed by atoms with E-state index in [1.165, 1.54) is 0 Å². The van der Waals surface area contributed by atoms with Crippen LogP contribution in [0.25, 0.3) is 0 Å². The zero-order chi connectivity index (χ0) is 14.2. The van der Waals surface area contributed by atoms with Crippen molar-refractivity contribution in [2.24, 2.45) is 0 Å². The third kappa shape index (κ3) is 4.19. The summed E-state index contributed by atoms with van der Waals surface area (Å²) >= 11 is 0. The van der Waals surface area contributed by atoms with E-state index >= 15 is 0 Å². The highest BCUT2D eigenvalue weighted by atomic mass is 16.5. The van der Waals surface area contributed by atoms with E-state index in [0.29, 0.717) is 12.3 Å². The molecule has 2 aromatic rings. The van der Waals surface area contributed by atoms with Gasteiger partial charge in [0.25, 0.3) is 0 Å². The number of phenolic OH excluding ortho intramolecular Hbond substituents is 1. The van der Waals surface area contributed by atoms with Crippen LogP contribution in [0.2, 0.25) is 0 Å². The topological polar surface area (TPSA) is 41.5 Å². The van der Waals surface area contributed by atoms with Crippen molar-refractivity contribution in [2.75, 3.05) is 11.9 Å². The molecular formula is C17H21NO2. The predicted molar refractivity (Wildman–Crippen MR) is 82.3 cm³/mol. The Morgan fingerprint density at radius 1 is 1.05 bits per heavy atom. The zero-order valence-corrected chi connectivity index (χ0v) is 11.8. The van der Waals surface area contributed by atoms with Crippen LogP contribution in [0.15, 0.2) is 48.5 Å². The maximum atomic E-state index is 9.69. The fourth-order valence-electron chi connectivity index (χ4n) is 1.86. The van der Waals surface area contributed by atoms with E-state index in [0.717, 1.165) is 36.4 Å². The van der Waals surface area contributed by atoms with E-state index in [1.54, 1.807) is 6.07 Å². The fraction of sp³-hybridized carbons (Fsp3) is 0.294. The predicted octanol–water partition coefficient (Wildman–Crippen LogP) is 4.18. The second-order valence-electron chi connectivity index (χ2n) is 4.71. The number of rotatable bonds is 7. The first-order valence-corrected chi connectivity index (χ1v) is 7.03. The number of benzene rings is 2. The molecule has 0 aromatic heterocycles. The number of unbranched alkanes of at least 4 members (excludes halogenated alkanes) is 1. The molecule has 0 radical (unpaired) electrons. The summed E-state index contributed by atoms with van der Waals surface area (Å²) < 4.78 is 5.62. The first-order valence-electron chi connectivity index (χ1n) is 7.03. The fourth-order valence-corrected chi connectivity index (χ4v) is 1.86. The van der Waals surface area contributed by atoms with Gasteiger partial charge in [0.2, 0.25) is 0 Å². The van der Waals surface area contributed by atoms with Crippen LogP contribution in [0, 0.1) is 0 Å². The molecule has 0 aliphatic heterocycles.